The fourth-order valence-electron chi connectivity index (χ4n) is 2.93. The van der Waals surface area contributed by atoms with Gasteiger partial charge < -0.3 is 0 Å². The predicted molar refractivity (Wildman–Crippen MR) is 74.1 cm³/mol. The molecule has 0 aliphatic heterocycles. The summed E-state index contributed by atoms with van der Waals surface area (Å²) >= 11 is 1.64. The first-order chi connectivity index (χ1) is 8.74. The molecule has 1 aromatic heterocycles. The minimum atomic E-state index is 0.191. The Morgan fingerprint density at radius 2 is 2.39 bits per heavy atom. The summed E-state index contributed by atoms with van der Waals surface area (Å²) in [6.07, 6.45) is 4.67. The zero-order chi connectivity index (χ0) is 13.0. The SMILES string of the molecule is CCC1CCC(C#N)C(N(C)Cc2cscn2)C1. The number of nitriles is 1. The Morgan fingerprint density at radius 3 is 3.00 bits per heavy atom. The molecule has 98 valence electrons. The molecule has 2 rings (SSSR count). The highest BCUT2D eigenvalue weighted by atomic mass is 32.1. The Hall–Kier alpha value is -0.920. The van der Waals surface area contributed by atoms with Crippen molar-refractivity contribution in [2.45, 2.75) is 45.2 Å². The first-order valence-corrected chi connectivity index (χ1v) is 7.65. The highest BCUT2D eigenvalue weighted by Crippen LogP contribution is 2.33. The molecular formula is C14H21N3S. The molecule has 0 N–H and O–H groups in total. The maximum absolute atomic E-state index is 9.31. The van der Waals surface area contributed by atoms with Crippen molar-refractivity contribution in [1.29, 1.82) is 5.26 Å². The average molecular weight is 263 g/mol. The molecule has 0 saturated heterocycles. The van der Waals surface area contributed by atoms with E-state index in [0.717, 1.165) is 31.0 Å². The van der Waals surface area contributed by atoms with Gasteiger partial charge in [0.25, 0.3) is 0 Å². The molecule has 1 heterocycles. The summed E-state index contributed by atoms with van der Waals surface area (Å²) in [5.74, 6) is 0.980. The summed E-state index contributed by atoms with van der Waals surface area (Å²) in [7, 11) is 2.13. The van der Waals surface area contributed by atoms with Crippen molar-refractivity contribution in [1.82, 2.24) is 9.88 Å². The van der Waals surface area contributed by atoms with Crippen LogP contribution in [-0.4, -0.2) is 23.0 Å². The number of aromatic nitrogens is 1. The number of thiazole rings is 1. The molecule has 0 spiro atoms. The van der Waals surface area contributed by atoms with Gasteiger partial charge in [0, 0.05) is 18.0 Å². The Balaban J connectivity index is 2.01. The van der Waals surface area contributed by atoms with E-state index in [4.69, 9.17) is 0 Å². The second kappa shape index (κ2) is 6.31. The first-order valence-electron chi connectivity index (χ1n) is 6.71. The molecule has 18 heavy (non-hydrogen) atoms. The minimum Gasteiger partial charge on any atom is -0.296 e. The van der Waals surface area contributed by atoms with Crippen LogP contribution in [0.2, 0.25) is 0 Å². The lowest BCUT2D eigenvalue weighted by Gasteiger charge is -2.38. The molecule has 1 aliphatic rings. The lowest BCUT2D eigenvalue weighted by Crippen LogP contribution is -2.41. The fourth-order valence-corrected chi connectivity index (χ4v) is 3.48. The van der Waals surface area contributed by atoms with Crippen LogP contribution < -0.4 is 0 Å². The second-order valence-corrected chi connectivity index (χ2v) is 6.00. The van der Waals surface area contributed by atoms with E-state index in [9.17, 15) is 5.26 Å². The molecule has 0 aromatic carbocycles. The monoisotopic (exact) mass is 263 g/mol. The molecule has 1 aliphatic carbocycles. The van der Waals surface area contributed by atoms with E-state index in [2.05, 4.69) is 35.3 Å². The van der Waals surface area contributed by atoms with E-state index in [0.29, 0.717) is 6.04 Å². The van der Waals surface area contributed by atoms with Crippen molar-refractivity contribution in [2.75, 3.05) is 7.05 Å². The molecule has 3 atom stereocenters. The Morgan fingerprint density at radius 1 is 1.56 bits per heavy atom. The lowest BCUT2D eigenvalue weighted by atomic mass is 9.77. The van der Waals surface area contributed by atoms with E-state index in [1.807, 2.05) is 5.51 Å². The van der Waals surface area contributed by atoms with E-state index in [1.54, 1.807) is 11.3 Å². The largest absolute Gasteiger partial charge is 0.296 e. The maximum Gasteiger partial charge on any atom is 0.0795 e. The van der Waals surface area contributed by atoms with Gasteiger partial charge in [0.1, 0.15) is 0 Å². The van der Waals surface area contributed by atoms with Crippen LogP contribution in [0.4, 0.5) is 0 Å². The zero-order valence-corrected chi connectivity index (χ0v) is 12.0. The molecular weight excluding hydrogens is 242 g/mol. The Bertz CT molecular complexity index is 396. The van der Waals surface area contributed by atoms with Crippen LogP contribution in [0.1, 0.15) is 38.3 Å². The van der Waals surface area contributed by atoms with Gasteiger partial charge >= 0.3 is 0 Å². The van der Waals surface area contributed by atoms with E-state index in [-0.39, 0.29) is 5.92 Å². The molecule has 3 unspecified atom stereocenters. The Labute approximate surface area is 113 Å². The van der Waals surface area contributed by atoms with E-state index < -0.39 is 0 Å². The van der Waals surface area contributed by atoms with Crippen LogP contribution in [0.15, 0.2) is 10.9 Å². The molecule has 3 nitrogen and oxygen atoms in total. The summed E-state index contributed by atoms with van der Waals surface area (Å²) in [4.78, 5) is 6.66. The van der Waals surface area contributed by atoms with E-state index in [1.165, 1.54) is 12.8 Å². The standard InChI is InChI=1S/C14H21N3S/c1-3-11-4-5-12(7-15)14(6-11)17(2)8-13-9-18-10-16-13/h9-12,14H,3-6,8H2,1-2H3. The molecule has 0 radical (unpaired) electrons. The number of hydrogen-bond donors (Lipinski definition) is 0. The number of rotatable bonds is 4. The molecule has 1 aromatic rings. The third-order valence-electron chi connectivity index (χ3n) is 4.13. The van der Waals surface area contributed by atoms with Crippen LogP contribution in [0.25, 0.3) is 0 Å². The number of nitrogens with zero attached hydrogens (tertiary/aromatic N) is 3. The van der Waals surface area contributed by atoms with Gasteiger partial charge in [-0.3, -0.25) is 4.90 Å². The van der Waals surface area contributed by atoms with Gasteiger partial charge in [0.2, 0.25) is 0 Å². The Kier molecular flexibility index (Phi) is 4.73. The van der Waals surface area contributed by atoms with Crippen molar-refractivity contribution >= 4 is 11.3 Å². The molecule has 0 bridgehead atoms. The quantitative estimate of drug-likeness (QED) is 0.837. The third kappa shape index (κ3) is 3.09. The van der Waals surface area contributed by atoms with Crippen molar-refractivity contribution in [3.05, 3.63) is 16.6 Å². The van der Waals surface area contributed by atoms with Gasteiger partial charge in [-0.25, -0.2) is 4.98 Å². The van der Waals surface area contributed by atoms with Gasteiger partial charge in [-0.1, -0.05) is 13.3 Å². The summed E-state index contributed by atoms with van der Waals surface area (Å²) in [5.41, 5.74) is 3.00. The molecule has 1 saturated carbocycles. The predicted octanol–water partition coefficient (Wildman–Crippen LogP) is 3.29. The van der Waals surface area contributed by atoms with Gasteiger partial charge in [-0.2, -0.15) is 5.26 Å². The normalized spacial score (nSPS) is 28.2. The van der Waals surface area contributed by atoms with Crippen LogP contribution in [0, 0.1) is 23.2 Å². The summed E-state index contributed by atoms with van der Waals surface area (Å²) < 4.78 is 0. The molecule has 4 heteroatoms. The van der Waals surface area contributed by atoms with Crippen LogP contribution in [-0.2, 0) is 6.54 Å². The highest BCUT2D eigenvalue weighted by Gasteiger charge is 2.32. The summed E-state index contributed by atoms with van der Waals surface area (Å²) in [5, 5.41) is 11.4. The van der Waals surface area contributed by atoms with Gasteiger partial charge in [-0.15, -0.1) is 11.3 Å². The molecule has 0 amide bonds. The summed E-state index contributed by atoms with van der Waals surface area (Å²) in [6.45, 7) is 3.12. The third-order valence-corrected chi connectivity index (χ3v) is 4.76. The summed E-state index contributed by atoms with van der Waals surface area (Å²) in [6, 6.07) is 2.90. The van der Waals surface area contributed by atoms with Crippen LogP contribution >= 0.6 is 11.3 Å². The first kappa shape index (κ1) is 13.5. The zero-order valence-electron chi connectivity index (χ0n) is 11.2. The minimum absolute atomic E-state index is 0.191. The van der Waals surface area contributed by atoms with E-state index >= 15 is 0 Å². The smallest absolute Gasteiger partial charge is 0.0795 e. The van der Waals surface area contributed by atoms with Crippen molar-refractivity contribution in [2.24, 2.45) is 11.8 Å². The van der Waals surface area contributed by atoms with Crippen molar-refractivity contribution < 1.29 is 0 Å². The van der Waals surface area contributed by atoms with Crippen LogP contribution in [0.3, 0.4) is 0 Å². The average Bonchev–Trinajstić information content (AvgIpc) is 2.90. The van der Waals surface area contributed by atoms with Gasteiger partial charge in [-0.05, 0) is 32.2 Å². The topological polar surface area (TPSA) is 39.9 Å². The van der Waals surface area contributed by atoms with Crippen molar-refractivity contribution in [3.63, 3.8) is 0 Å². The highest BCUT2D eigenvalue weighted by molar-refractivity contribution is 7.07. The molecule has 1 fully saturated rings. The van der Waals surface area contributed by atoms with Crippen molar-refractivity contribution in [3.8, 4) is 6.07 Å². The lowest BCUT2D eigenvalue weighted by molar-refractivity contribution is 0.117. The van der Waals surface area contributed by atoms with Gasteiger partial charge in [0.15, 0.2) is 0 Å². The number of hydrogen-bond acceptors (Lipinski definition) is 4. The maximum atomic E-state index is 9.31. The van der Waals surface area contributed by atoms with Crippen LogP contribution in [0.5, 0.6) is 0 Å². The fraction of sp³-hybridized carbons (Fsp3) is 0.714. The second-order valence-electron chi connectivity index (χ2n) is 5.29. The van der Waals surface area contributed by atoms with Gasteiger partial charge in [0.05, 0.1) is 23.2 Å².